The van der Waals surface area contributed by atoms with Crippen LogP contribution in [0.5, 0.6) is 23.0 Å². The Bertz CT molecular complexity index is 1210. The molecule has 0 fully saturated rings. The Kier molecular flexibility index (Phi) is 14.2. The number of hydrogen-bond donors (Lipinski definition) is 0. The van der Waals surface area contributed by atoms with Gasteiger partial charge in [-0.2, -0.15) is 19.6 Å². The van der Waals surface area contributed by atoms with E-state index in [1.807, 2.05) is 97.1 Å². The van der Waals surface area contributed by atoms with Crippen LogP contribution < -0.4 is 18.9 Å². The normalized spacial score (nSPS) is 11.4. The van der Waals surface area contributed by atoms with Gasteiger partial charge in [0.15, 0.2) is 0 Å². The van der Waals surface area contributed by atoms with Crippen LogP contribution in [0.1, 0.15) is 22.3 Å². The molecule has 0 spiro atoms. The predicted molar refractivity (Wildman–Crippen MR) is 175 cm³/mol. The van der Waals surface area contributed by atoms with E-state index in [0.717, 1.165) is 45.3 Å². The van der Waals surface area contributed by atoms with Crippen LogP contribution in [-0.4, -0.2) is 28.4 Å². The molecule has 0 unspecified atom stereocenters. The van der Waals surface area contributed by atoms with Gasteiger partial charge in [0.05, 0.1) is 28.4 Å². The first-order valence-corrected chi connectivity index (χ1v) is 13.7. The Morgan fingerprint density at radius 2 is 0.488 bits per heavy atom. The van der Waals surface area contributed by atoms with Crippen LogP contribution in [0.2, 0.25) is 0 Å². The molecule has 41 heavy (non-hydrogen) atoms. The Hall–Kier alpha value is -3.07. The quantitative estimate of drug-likeness (QED) is 0.111. The Balaban J connectivity index is 0.000000280. The smallest absolute Gasteiger partial charge is 0.781 e. The number of methoxy groups -OCH3 is 4. The van der Waals surface area contributed by atoms with Gasteiger partial charge in [-0.15, -0.1) is 0 Å². The molecule has 0 radical (unpaired) electrons. The van der Waals surface area contributed by atoms with Gasteiger partial charge in [-0.25, -0.2) is 0 Å². The molecule has 0 bridgehead atoms. The molecule has 216 valence electrons. The average Bonchev–Trinajstić information content (AvgIpc) is 3.03. The van der Waals surface area contributed by atoms with Crippen LogP contribution in [-0.2, 0) is 67.0 Å². The molecule has 9 heteroatoms. The molecule has 4 aromatic rings. The van der Waals surface area contributed by atoms with Gasteiger partial charge in [0.1, 0.15) is 23.0 Å². The van der Waals surface area contributed by atoms with E-state index in [1.54, 1.807) is 28.4 Å². The summed E-state index contributed by atoms with van der Waals surface area (Å²) < 4.78 is 20.5. The van der Waals surface area contributed by atoms with Crippen molar-refractivity contribution in [2.24, 2.45) is 0 Å². The van der Waals surface area contributed by atoms with Crippen molar-refractivity contribution in [3.8, 4) is 23.0 Å². The molecule has 4 rings (SSSR count). The van der Waals surface area contributed by atoms with Crippen molar-refractivity contribution in [3.63, 3.8) is 0 Å². The first-order valence-electron chi connectivity index (χ1n) is 12.1. The molecule has 0 aliphatic rings. The van der Waals surface area contributed by atoms with Gasteiger partial charge >= 0.3 is 16.5 Å². The first-order chi connectivity index (χ1) is 19.3. The second kappa shape index (κ2) is 17.0. The molecule has 0 saturated carbocycles. The summed E-state index contributed by atoms with van der Waals surface area (Å²) in [6.45, 7) is 0. The third-order valence-electron chi connectivity index (χ3n) is 5.82. The van der Waals surface area contributed by atoms with E-state index in [9.17, 15) is 0 Å². The molecule has 0 saturated heterocycles. The SMILES string of the molecule is COc1ccc(/C([S-])=C(/[S-])c2ccc(OC)cc2)cc1.COc1ccc(/C([S-])=C(/[S-])c2ccc(OC)cc2)cc1.[Ni+2]. The summed E-state index contributed by atoms with van der Waals surface area (Å²) in [6.07, 6.45) is 0. The maximum absolute atomic E-state index is 5.45. The standard InChI is InChI=1S/2C16H16O2S2.Ni/c2*1-17-13-7-3-11(4-8-13)15(19)16(20)12-5-9-14(18-2)10-6-12;/h2*3-10,19-20H,1-2H3;/q;;+2/p-4/b2*16-15-;. The fraction of sp³-hybridized carbons (Fsp3) is 0.125. The minimum atomic E-state index is 0. The summed E-state index contributed by atoms with van der Waals surface area (Å²) in [7, 11) is 6.54. The van der Waals surface area contributed by atoms with Gasteiger partial charge in [0.2, 0.25) is 0 Å². The molecule has 0 aliphatic heterocycles. The number of benzene rings is 4. The summed E-state index contributed by atoms with van der Waals surface area (Å²) in [5, 5.41) is 0. The molecular formula is C32H28NiO4S4-2. The van der Waals surface area contributed by atoms with Crippen LogP contribution in [0.3, 0.4) is 0 Å². The van der Waals surface area contributed by atoms with Crippen LogP contribution in [0, 0.1) is 0 Å². The molecule has 0 heterocycles. The zero-order chi connectivity index (χ0) is 29.1. The van der Waals surface area contributed by atoms with Crippen LogP contribution in [0.15, 0.2) is 97.1 Å². The van der Waals surface area contributed by atoms with Gasteiger partial charge < -0.3 is 69.5 Å². The monoisotopic (exact) mass is 662 g/mol. The van der Waals surface area contributed by atoms with E-state index in [2.05, 4.69) is 0 Å². The summed E-state index contributed by atoms with van der Waals surface area (Å²) in [6, 6.07) is 30.3. The molecule has 0 aliphatic carbocycles. The van der Waals surface area contributed by atoms with Crippen molar-refractivity contribution in [2.75, 3.05) is 28.4 Å². The molecule has 0 N–H and O–H groups in total. The van der Waals surface area contributed by atoms with Crippen LogP contribution in [0.4, 0.5) is 0 Å². The van der Waals surface area contributed by atoms with Gasteiger partial charge in [0, 0.05) is 0 Å². The van der Waals surface area contributed by atoms with E-state index in [-0.39, 0.29) is 16.5 Å². The molecule has 0 atom stereocenters. The van der Waals surface area contributed by atoms with Gasteiger partial charge in [-0.3, -0.25) is 0 Å². The number of ether oxygens (including phenoxy) is 4. The minimum absolute atomic E-state index is 0. The van der Waals surface area contributed by atoms with Crippen LogP contribution in [0.25, 0.3) is 19.6 Å². The van der Waals surface area contributed by atoms with Crippen LogP contribution >= 0.6 is 0 Å². The Morgan fingerprint density at radius 1 is 0.341 bits per heavy atom. The third-order valence-corrected chi connectivity index (χ3v) is 7.84. The van der Waals surface area contributed by atoms with Crippen molar-refractivity contribution in [1.82, 2.24) is 0 Å². The Labute approximate surface area is 274 Å². The Morgan fingerprint density at radius 3 is 0.610 bits per heavy atom. The summed E-state index contributed by atoms with van der Waals surface area (Å²) in [5.74, 6) is 3.19. The topological polar surface area (TPSA) is 36.9 Å². The summed E-state index contributed by atoms with van der Waals surface area (Å²) in [4.78, 5) is 2.64. The third kappa shape index (κ3) is 9.49. The zero-order valence-electron chi connectivity index (χ0n) is 22.8. The second-order valence-electron chi connectivity index (χ2n) is 8.23. The number of hydrogen-bond acceptors (Lipinski definition) is 8. The molecule has 4 aromatic carbocycles. The molecule has 4 nitrogen and oxygen atoms in total. The van der Waals surface area contributed by atoms with E-state index in [1.165, 1.54) is 0 Å². The van der Waals surface area contributed by atoms with Gasteiger partial charge in [-0.05, 0) is 70.8 Å². The molecular weight excluding hydrogens is 635 g/mol. The van der Waals surface area contributed by atoms with Gasteiger partial charge in [-0.1, -0.05) is 48.5 Å². The fourth-order valence-corrected chi connectivity index (χ4v) is 4.51. The summed E-state index contributed by atoms with van der Waals surface area (Å²) in [5.41, 5.74) is 3.67. The molecule has 0 amide bonds. The average molecular weight is 664 g/mol. The van der Waals surface area contributed by atoms with E-state index in [4.69, 9.17) is 69.5 Å². The van der Waals surface area contributed by atoms with E-state index in [0.29, 0.717) is 19.6 Å². The zero-order valence-corrected chi connectivity index (χ0v) is 27.1. The minimum Gasteiger partial charge on any atom is -0.781 e. The largest absolute Gasteiger partial charge is 2.00 e. The molecule has 0 aromatic heterocycles. The van der Waals surface area contributed by atoms with E-state index < -0.39 is 0 Å². The fourth-order valence-electron chi connectivity index (χ4n) is 3.49. The summed E-state index contributed by atoms with van der Waals surface area (Å²) >= 11 is 21.8. The van der Waals surface area contributed by atoms with E-state index >= 15 is 0 Å². The van der Waals surface area contributed by atoms with Crippen molar-refractivity contribution >= 4 is 70.1 Å². The van der Waals surface area contributed by atoms with Gasteiger partial charge in [0.25, 0.3) is 0 Å². The number of rotatable bonds is 8. The van der Waals surface area contributed by atoms with Crippen molar-refractivity contribution in [1.29, 1.82) is 0 Å². The van der Waals surface area contributed by atoms with Crippen molar-refractivity contribution in [2.45, 2.75) is 0 Å². The maximum atomic E-state index is 5.45. The first kappa shape index (κ1) is 34.1. The van der Waals surface area contributed by atoms with Crippen molar-refractivity contribution < 1.29 is 35.4 Å². The van der Waals surface area contributed by atoms with Crippen molar-refractivity contribution in [3.05, 3.63) is 119 Å². The maximum Gasteiger partial charge on any atom is 2.00 e. The predicted octanol–water partition coefficient (Wildman–Crippen LogP) is 7.24. The second-order valence-corrected chi connectivity index (χ2v) is 9.86.